The fourth-order valence-electron chi connectivity index (χ4n) is 2.62. The zero-order chi connectivity index (χ0) is 20.5. The molecule has 0 aliphatic rings. The second kappa shape index (κ2) is 10.5. The van der Waals surface area contributed by atoms with Crippen LogP contribution in [0.3, 0.4) is 0 Å². The fourth-order valence-corrected chi connectivity index (χ4v) is 2.62. The SMILES string of the molecule is CCCCOc1ccc(-c2ncnc(-c3ccc(OCC(O)CC)cc3)n2)cc1. The number of ether oxygens (including phenoxy) is 2. The van der Waals surface area contributed by atoms with Crippen molar-refractivity contribution in [1.82, 2.24) is 15.0 Å². The van der Waals surface area contributed by atoms with Crippen LogP contribution >= 0.6 is 0 Å². The van der Waals surface area contributed by atoms with E-state index in [1.165, 1.54) is 6.33 Å². The molecule has 3 aromatic rings. The smallest absolute Gasteiger partial charge is 0.163 e. The van der Waals surface area contributed by atoms with Crippen molar-refractivity contribution in [2.75, 3.05) is 13.2 Å². The first-order valence-electron chi connectivity index (χ1n) is 10.0. The van der Waals surface area contributed by atoms with E-state index in [0.717, 1.165) is 36.3 Å². The van der Waals surface area contributed by atoms with Gasteiger partial charge in [0.2, 0.25) is 0 Å². The van der Waals surface area contributed by atoms with Crippen LogP contribution in [0.5, 0.6) is 11.5 Å². The molecule has 0 saturated heterocycles. The summed E-state index contributed by atoms with van der Waals surface area (Å²) in [6.07, 6.45) is 3.88. The molecule has 0 bridgehead atoms. The number of aliphatic hydroxyl groups excluding tert-OH is 1. The van der Waals surface area contributed by atoms with Crippen molar-refractivity contribution in [3.63, 3.8) is 0 Å². The number of unbranched alkanes of at least 4 members (excludes halogenated alkanes) is 1. The van der Waals surface area contributed by atoms with Crippen molar-refractivity contribution in [1.29, 1.82) is 0 Å². The summed E-state index contributed by atoms with van der Waals surface area (Å²) in [6.45, 7) is 5.07. The molecule has 0 radical (unpaired) electrons. The van der Waals surface area contributed by atoms with Crippen LogP contribution < -0.4 is 9.47 Å². The largest absolute Gasteiger partial charge is 0.494 e. The summed E-state index contributed by atoms with van der Waals surface area (Å²) < 4.78 is 11.3. The molecule has 1 N–H and O–H groups in total. The quantitative estimate of drug-likeness (QED) is 0.510. The molecule has 1 unspecified atom stereocenters. The number of nitrogens with zero attached hydrogens (tertiary/aromatic N) is 3. The lowest BCUT2D eigenvalue weighted by molar-refractivity contribution is 0.104. The highest BCUT2D eigenvalue weighted by molar-refractivity contribution is 5.61. The van der Waals surface area contributed by atoms with E-state index in [4.69, 9.17) is 9.47 Å². The zero-order valence-corrected chi connectivity index (χ0v) is 16.9. The molecule has 0 aliphatic carbocycles. The van der Waals surface area contributed by atoms with E-state index in [-0.39, 0.29) is 6.61 Å². The molecule has 3 rings (SSSR count). The lowest BCUT2D eigenvalue weighted by atomic mass is 10.2. The Balaban J connectivity index is 1.69. The third-order valence-electron chi connectivity index (χ3n) is 4.48. The van der Waals surface area contributed by atoms with Crippen LogP contribution in [-0.2, 0) is 0 Å². The molecule has 0 fully saturated rings. The van der Waals surface area contributed by atoms with Gasteiger partial charge < -0.3 is 14.6 Å². The molecule has 1 atom stereocenters. The van der Waals surface area contributed by atoms with Gasteiger partial charge in [0.15, 0.2) is 11.6 Å². The number of hydrogen-bond acceptors (Lipinski definition) is 6. The summed E-state index contributed by atoms with van der Waals surface area (Å²) in [6, 6.07) is 15.3. The van der Waals surface area contributed by atoms with Crippen molar-refractivity contribution in [2.24, 2.45) is 0 Å². The fraction of sp³-hybridized carbons (Fsp3) is 0.348. The van der Waals surface area contributed by atoms with Crippen molar-refractivity contribution < 1.29 is 14.6 Å². The van der Waals surface area contributed by atoms with Crippen LogP contribution in [0.2, 0.25) is 0 Å². The number of hydrogen-bond donors (Lipinski definition) is 1. The molecule has 2 aromatic carbocycles. The van der Waals surface area contributed by atoms with Gasteiger partial charge in [-0.3, -0.25) is 0 Å². The maximum atomic E-state index is 9.60. The molecule has 29 heavy (non-hydrogen) atoms. The highest BCUT2D eigenvalue weighted by Crippen LogP contribution is 2.23. The van der Waals surface area contributed by atoms with Crippen LogP contribution in [0, 0.1) is 0 Å². The normalized spacial score (nSPS) is 11.8. The van der Waals surface area contributed by atoms with Gasteiger partial charge in [0, 0.05) is 11.1 Å². The van der Waals surface area contributed by atoms with E-state index in [9.17, 15) is 5.11 Å². The van der Waals surface area contributed by atoms with Gasteiger partial charge in [0.1, 0.15) is 24.4 Å². The van der Waals surface area contributed by atoms with E-state index in [2.05, 4.69) is 21.9 Å². The monoisotopic (exact) mass is 393 g/mol. The predicted molar refractivity (Wildman–Crippen MR) is 113 cm³/mol. The molecule has 0 saturated carbocycles. The first kappa shape index (κ1) is 20.7. The number of rotatable bonds is 10. The molecular weight excluding hydrogens is 366 g/mol. The minimum Gasteiger partial charge on any atom is -0.494 e. The van der Waals surface area contributed by atoms with Gasteiger partial charge in [0.25, 0.3) is 0 Å². The van der Waals surface area contributed by atoms with Gasteiger partial charge in [0.05, 0.1) is 12.7 Å². The summed E-state index contributed by atoms with van der Waals surface area (Å²) >= 11 is 0. The van der Waals surface area contributed by atoms with E-state index in [1.807, 2.05) is 55.5 Å². The number of benzene rings is 2. The molecular formula is C23H27N3O3. The third-order valence-corrected chi connectivity index (χ3v) is 4.48. The van der Waals surface area contributed by atoms with E-state index in [1.54, 1.807) is 0 Å². The maximum Gasteiger partial charge on any atom is 0.163 e. The maximum absolute atomic E-state index is 9.60. The minimum absolute atomic E-state index is 0.282. The highest BCUT2D eigenvalue weighted by Gasteiger charge is 2.08. The Hall–Kier alpha value is -2.99. The summed E-state index contributed by atoms with van der Waals surface area (Å²) in [5.41, 5.74) is 1.78. The molecule has 0 aliphatic heterocycles. The minimum atomic E-state index is -0.454. The van der Waals surface area contributed by atoms with Crippen molar-refractivity contribution in [3.05, 3.63) is 54.9 Å². The molecule has 6 heteroatoms. The Morgan fingerprint density at radius 1 is 0.828 bits per heavy atom. The van der Waals surface area contributed by atoms with Crippen LogP contribution in [0.25, 0.3) is 22.8 Å². The van der Waals surface area contributed by atoms with Gasteiger partial charge in [-0.05, 0) is 61.4 Å². The molecule has 1 heterocycles. The summed E-state index contributed by atoms with van der Waals surface area (Å²) in [7, 11) is 0. The standard InChI is InChI=1S/C23H27N3O3/c1-3-5-14-28-20-10-6-17(7-11-20)22-24-16-25-23(26-22)18-8-12-21(13-9-18)29-15-19(27)4-2/h6-13,16,19,27H,3-5,14-15H2,1-2H3. The summed E-state index contributed by atoms with van der Waals surface area (Å²) in [5.74, 6) is 2.76. The van der Waals surface area contributed by atoms with Crippen molar-refractivity contribution >= 4 is 0 Å². The molecule has 152 valence electrons. The summed E-state index contributed by atoms with van der Waals surface area (Å²) in [4.78, 5) is 13.2. The number of aliphatic hydroxyl groups is 1. The van der Waals surface area contributed by atoms with Gasteiger partial charge in [-0.1, -0.05) is 20.3 Å². The van der Waals surface area contributed by atoms with Crippen LogP contribution in [-0.4, -0.2) is 39.4 Å². The van der Waals surface area contributed by atoms with E-state index < -0.39 is 6.10 Å². The zero-order valence-electron chi connectivity index (χ0n) is 16.9. The van der Waals surface area contributed by atoms with Gasteiger partial charge in [-0.25, -0.2) is 15.0 Å². The van der Waals surface area contributed by atoms with Crippen molar-refractivity contribution in [2.45, 2.75) is 39.2 Å². The Morgan fingerprint density at radius 2 is 1.38 bits per heavy atom. The average Bonchev–Trinajstić information content (AvgIpc) is 2.78. The highest BCUT2D eigenvalue weighted by atomic mass is 16.5. The number of aromatic nitrogens is 3. The Morgan fingerprint density at radius 3 is 1.90 bits per heavy atom. The first-order chi connectivity index (χ1) is 14.2. The van der Waals surface area contributed by atoms with Gasteiger partial charge >= 0.3 is 0 Å². The van der Waals surface area contributed by atoms with Gasteiger partial charge in [-0.15, -0.1) is 0 Å². The third kappa shape index (κ3) is 5.99. The topological polar surface area (TPSA) is 77.4 Å². The Bertz CT molecular complexity index is 883. The van der Waals surface area contributed by atoms with Crippen molar-refractivity contribution in [3.8, 4) is 34.3 Å². The summed E-state index contributed by atoms with van der Waals surface area (Å²) in [5, 5.41) is 9.60. The van der Waals surface area contributed by atoms with Gasteiger partial charge in [-0.2, -0.15) is 0 Å². The lowest BCUT2D eigenvalue weighted by Gasteiger charge is -2.10. The second-order valence-electron chi connectivity index (χ2n) is 6.76. The Labute approximate surface area is 171 Å². The second-order valence-corrected chi connectivity index (χ2v) is 6.76. The molecule has 6 nitrogen and oxygen atoms in total. The molecule has 0 amide bonds. The molecule has 0 spiro atoms. The van der Waals surface area contributed by atoms with Crippen LogP contribution in [0.1, 0.15) is 33.1 Å². The van der Waals surface area contributed by atoms with E-state index in [0.29, 0.717) is 23.8 Å². The first-order valence-corrected chi connectivity index (χ1v) is 10.0. The lowest BCUT2D eigenvalue weighted by Crippen LogP contribution is -2.15. The molecule has 1 aromatic heterocycles. The van der Waals surface area contributed by atoms with Crippen LogP contribution in [0.4, 0.5) is 0 Å². The van der Waals surface area contributed by atoms with Crippen LogP contribution in [0.15, 0.2) is 54.9 Å². The Kier molecular flexibility index (Phi) is 7.53. The average molecular weight is 393 g/mol. The van der Waals surface area contributed by atoms with E-state index >= 15 is 0 Å². The predicted octanol–water partition coefficient (Wildman–Crippen LogP) is 4.53.